The van der Waals surface area contributed by atoms with Gasteiger partial charge in [0.05, 0.1) is 6.61 Å². The highest BCUT2D eigenvalue weighted by Crippen LogP contribution is 2.38. The van der Waals surface area contributed by atoms with Crippen molar-refractivity contribution in [2.24, 2.45) is 5.92 Å². The van der Waals surface area contributed by atoms with Crippen molar-refractivity contribution in [3.63, 3.8) is 0 Å². The molecule has 20 heavy (non-hydrogen) atoms. The van der Waals surface area contributed by atoms with E-state index in [0.717, 1.165) is 18.3 Å². The molecule has 1 aliphatic carbocycles. The van der Waals surface area contributed by atoms with Crippen LogP contribution in [0.25, 0.3) is 0 Å². The molecule has 2 unspecified atom stereocenters. The molecule has 0 spiro atoms. The van der Waals surface area contributed by atoms with Crippen LogP contribution < -0.4 is 10.1 Å². The van der Waals surface area contributed by atoms with E-state index in [1.165, 1.54) is 50.5 Å². The average Bonchev–Trinajstić information content (AvgIpc) is 3.00. The molecule has 0 bridgehead atoms. The molecule has 0 amide bonds. The molecule has 0 saturated heterocycles. The van der Waals surface area contributed by atoms with Crippen LogP contribution in [0.4, 0.5) is 0 Å². The summed E-state index contributed by atoms with van der Waals surface area (Å²) in [7, 11) is 2.13. The van der Waals surface area contributed by atoms with Gasteiger partial charge in [-0.25, -0.2) is 0 Å². The molecular formula is C18H27NO. The van der Waals surface area contributed by atoms with Crippen LogP contribution in [0, 0.1) is 5.92 Å². The Morgan fingerprint density at radius 3 is 2.75 bits per heavy atom. The molecule has 0 radical (unpaired) electrons. The molecule has 2 atom stereocenters. The van der Waals surface area contributed by atoms with Crippen molar-refractivity contribution < 1.29 is 4.74 Å². The third-order valence-electron chi connectivity index (χ3n) is 5.15. The summed E-state index contributed by atoms with van der Waals surface area (Å²) in [6.07, 6.45) is 9.57. The van der Waals surface area contributed by atoms with Crippen LogP contribution in [0.5, 0.6) is 5.75 Å². The zero-order chi connectivity index (χ0) is 13.8. The summed E-state index contributed by atoms with van der Waals surface area (Å²) in [6, 6.07) is 9.25. The Hall–Kier alpha value is -1.02. The first-order valence-corrected chi connectivity index (χ1v) is 8.26. The number of benzene rings is 1. The zero-order valence-corrected chi connectivity index (χ0v) is 12.6. The van der Waals surface area contributed by atoms with E-state index in [4.69, 9.17) is 4.74 Å². The van der Waals surface area contributed by atoms with E-state index >= 15 is 0 Å². The van der Waals surface area contributed by atoms with Crippen molar-refractivity contribution in [3.8, 4) is 5.75 Å². The third-order valence-corrected chi connectivity index (χ3v) is 5.15. The largest absolute Gasteiger partial charge is 0.493 e. The van der Waals surface area contributed by atoms with Crippen molar-refractivity contribution in [2.75, 3.05) is 13.7 Å². The molecule has 1 N–H and O–H groups in total. The molecule has 1 fully saturated rings. The normalized spacial score (nSPS) is 24.1. The summed E-state index contributed by atoms with van der Waals surface area (Å²) in [5.74, 6) is 2.74. The van der Waals surface area contributed by atoms with Crippen molar-refractivity contribution in [3.05, 3.63) is 29.8 Å². The number of nitrogens with one attached hydrogen (secondary N) is 1. The highest BCUT2D eigenvalue weighted by atomic mass is 16.5. The number of rotatable bonds is 5. The SMILES string of the molecule is CNC(CC1CCCC1)CC1CCOc2ccccc21. The van der Waals surface area contributed by atoms with E-state index in [1.807, 2.05) is 0 Å². The second-order valence-electron chi connectivity index (χ2n) is 6.48. The molecule has 1 aromatic carbocycles. The number of para-hydroxylation sites is 1. The topological polar surface area (TPSA) is 21.3 Å². The standard InChI is InChI=1S/C18H27NO/c1-19-16(12-14-6-2-3-7-14)13-15-10-11-20-18-9-5-4-8-17(15)18/h4-5,8-9,14-16,19H,2-3,6-7,10-13H2,1H3. The van der Waals surface area contributed by atoms with Crippen molar-refractivity contribution in [2.45, 2.75) is 56.9 Å². The summed E-state index contributed by atoms with van der Waals surface area (Å²) in [5.41, 5.74) is 1.42. The molecule has 2 aliphatic rings. The quantitative estimate of drug-likeness (QED) is 0.871. The lowest BCUT2D eigenvalue weighted by Crippen LogP contribution is -2.30. The minimum atomic E-state index is 0.661. The summed E-state index contributed by atoms with van der Waals surface area (Å²) < 4.78 is 5.78. The smallest absolute Gasteiger partial charge is 0.122 e. The monoisotopic (exact) mass is 273 g/mol. The maximum Gasteiger partial charge on any atom is 0.122 e. The number of hydrogen-bond acceptors (Lipinski definition) is 2. The lowest BCUT2D eigenvalue weighted by molar-refractivity contribution is 0.250. The van der Waals surface area contributed by atoms with Gasteiger partial charge in [-0.05, 0) is 49.8 Å². The Morgan fingerprint density at radius 1 is 1.15 bits per heavy atom. The number of hydrogen-bond donors (Lipinski definition) is 1. The molecular weight excluding hydrogens is 246 g/mol. The maximum atomic E-state index is 5.78. The molecule has 2 nitrogen and oxygen atoms in total. The van der Waals surface area contributed by atoms with Gasteiger partial charge in [0.25, 0.3) is 0 Å². The van der Waals surface area contributed by atoms with Crippen LogP contribution in [0.2, 0.25) is 0 Å². The average molecular weight is 273 g/mol. The van der Waals surface area contributed by atoms with Crippen LogP contribution in [-0.4, -0.2) is 19.7 Å². The van der Waals surface area contributed by atoms with Gasteiger partial charge in [-0.2, -0.15) is 0 Å². The minimum absolute atomic E-state index is 0.661. The van der Waals surface area contributed by atoms with Gasteiger partial charge in [0.2, 0.25) is 0 Å². The van der Waals surface area contributed by atoms with Gasteiger partial charge in [0.15, 0.2) is 0 Å². The summed E-state index contributed by atoms with van der Waals surface area (Å²) in [5, 5.41) is 3.57. The number of fused-ring (bicyclic) bond motifs is 1. The summed E-state index contributed by atoms with van der Waals surface area (Å²) >= 11 is 0. The van der Waals surface area contributed by atoms with E-state index < -0.39 is 0 Å². The van der Waals surface area contributed by atoms with E-state index in [0.29, 0.717) is 12.0 Å². The van der Waals surface area contributed by atoms with Crippen LogP contribution in [0.3, 0.4) is 0 Å². The second-order valence-corrected chi connectivity index (χ2v) is 6.48. The van der Waals surface area contributed by atoms with Gasteiger partial charge in [-0.15, -0.1) is 0 Å². The molecule has 110 valence electrons. The van der Waals surface area contributed by atoms with Gasteiger partial charge >= 0.3 is 0 Å². The van der Waals surface area contributed by atoms with Gasteiger partial charge in [0, 0.05) is 6.04 Å². The van der Waals surface area contributed by atoms with Crippen LogP contribution in [0.1, 0.15) is 56.4 Å². The van der Waals surface area contributed by atoms with Crippen LogP contribution in [0.15, 0.2) is 24.3 Å². The number of ether oxygens (including phenoxy) is 1. The Kier molecular flexibility index (Phi) is 4.62. The van der Waals surface area contributed by atoms with Gasteiger partial charge in [-0.1, -0.05) is 43.9 Å². The molecule has 0 aromatic heterocycles. The van der Waals surface area contributed by atoms with Gasteiger partial charge < -0.3 is 10.1 Å². The van der Waals surface area contributed by atoms with Crippen molar-refractivity contribution in [1.29, 1.82) is 0 Å². The first kappa shape index (κ1) is 13.9. The summed E-state index contributed by atoms with van der Waals surface area (Å²) in [4.78, 5) is 0. The molecule has 1 heterocycles. The van der Waals surface area contributed by atoms with Crippen LogP contribution >= 0.6 is 0 Å². The Balaban J connectivity index is 1.64. The molecule has 1 aromatic rings. The predicted molar refractivity (Wildman–Crippen MR) is 83.3 cm³/mol. The predicted octanol–water partition coefficient (Wildman–Crippen LogP) is 4.11. The van der Waals surface area contributed by atoms with Crippen LogP contribution in [-0.2, 0) is 0 Å². The Bertz CT molecular complexity index is 425. The van der Waals surface area contributed by atoms with Gasteiger partial charge in [-0.3, -0.25) is 0 Å². The van der Waals surface area contributed by atoms with E-state index in [1.54, 1.807) is 0 Å². The Morgan fingerprint density at radius 2 is 1.95 bits per heavy atom. The first-order valence-electron chi connectivity index (χ1n) is 8.26. The fourth-order valence-electron chi connectivity index (χ4n) is 3.98. The van der Waals surface area contributed by atoms with E-state index in [2.05, 4.69) is 36.6 Å². The molecule has 2 heteroatoms. The molecule has 1 aliphatic heterocycles. The maximum absolute atomic E-state index is 5.78. The van der Waals surface area contributed by atoms with Gasteiger partial charge in [0.1, 0.15) is 5.75 Å². The summed E-state index contributed by atoms with van der Waals surface area (Å²) in [6.45, 7) is 0.877. The first-order chi connectivity index (χ1) is 9.86. The second kappa shape index (κ2) is 6.62. The van der Waals surface area contributed by atoms with E-state index in [9.17, 15) is 0 Å². The van der Waals surface area contributed by atoms with Crippen molar-refractivity contribution in [1.82, 2.24) is 5.32 Å². The fraction of sp³-hybridized carbons (Fsp3) is 0.667. The highest BCUT2D eigenvalue weighted by molar-refractivity contribution is 5.37. The molecule has 1 saturated carbocycles. The highest BCUT2D eigenvalue weighted by Gasteiger charge is 2.26. The van der Waals surface area contributed by atoms with Crippen molar-refractivity contribution >= 4 is 0 Å². The lowest BCUT2D eigenvalue weighted by atomic mass is 9.84. The lowest BCUT2D eigenvalue weighted by Gasteiger charge is -2.30. The minimum Gasteiger partial charge on any atom is -0.493 e. The molecule has 3 rings (SSSR count). The third kappa shape index (κ3) is 3.17. The van der Waals surface area contributed by atoms with E-state index in [-0.39, 0.29) is 0 Å². The zero-order valence-electron chi connectivity index (χ0n) is 12.6. The fourth-order valence-corrected chi connectivity index (χ4v) is 3.98. The Labute approximate surface area is 122 Å².